The van der Waals surface area contributed by atoms with Gasteiger partial charge in [0.05, 0.1) is 18.9 Å². The van der Waals surface area contributed by atoms with Crippen LogP contribution in [0.1, 0.15) is 23.1 Å². The third-order valence-corrected chi connectivity index (χ3v) is 3.07. The fourth-order valence-corrected chi connectivity index (χ4v) is 2.07. The molecule has 0 bridgehead atoms. The second-order valence-corrected chi connectivity index (χ2v) is 4.51. The number of aryl methyl sites for hydroxylation is 2. The van der Waals surface area contributed by atoms with E-state index in [-0.39, 0.29) is 5.56 Å². The Morgan fingerprint density at radius 1 is 1.42 bits per heavy atom. The third kappa shape index (κ3) is 2.93. The van der Waals surface area contributed by atoms with Crippen LogP contribution in [-0.4, -0.2) is 22.0 Å². The number of aliphatic hydroxyl groups excluding tert-OH is 1. The maximum Gasteiger partial charge on any atom is 0.132 e. The molecule has 0 aliphatic rings. The Hall–Kier alpha value is -1.88. The number of aliphatic hydroxyl groups is 1. The van der Waals surface area contributed by atoms with Crippen LogP contribution in [0.5, 0.6) is 5.75 Å². The molecule has 1 unspecified atom stereocenters. The van der Waals surface area contributed by atoms with Gasteiger partial charge >= 0.3 is 0 Å². The number of rotatable bonds is 4. The van der Waals surface area contributed by atoms with Gasteiger partial charge in [-0.2, -0.15) is 5.10 Å². The minimum atomic E-state index is -0.902. The van der Waals surface area contributed by atoms with Crippen LogP contribution in [-0.2, 0) is 13.5 Å². The Morgan fingerprint density at radius 3 is 2.68 bits per heavy atom. The van der Waals surface area contributed by atoms with Gasteiger partial charge in [-0.05, 0) is 25.1 Å². The predicted molar refractivity (Wildman–Crippen MR) is 69.6 cm³/mol. The average Bonchev–Trinajstić information content (AvgIpc) is 2.67. The van der Waals surface area contributed by atoms with Crippen LogP contribution in [0.15, 0.2) is 24.3 Å². The fraction of sp³-hybridized carbons (Fsp3) is 0.357. The Balaban J connectivity index is 2.20. The van der Waals surface area contributed by atoms with Crippen LogP contribution >= 0.6 is 0 Å². The zero-order chi connectivity index (χ0) is 14.0. The molecule has 0 aliphatic carbocycles. The first-order chi connectivity index (χ1) is 9.01. The molecule has 0 radical (unpaired) electrons. The normalized spacial score (nSPS) is 12.5. The quantitative estimate of drug-likeness (QED) is 0.920. The van der Waals surface area contributed by atoms with Crippen LogP contribution in [0.4, 0.5) is 4.39 Å². The summed E-state index contributed by atoms with van der Waals surface area (Å²) in [5.74, 6) is -0.0319. The lowest BCUT2D eigenvalue weighted by Gasteiger charge is -2.13. The van der Waals surface area contributed by atoms with Crippen molar-refractivity contribution in [1.29, 1.82) is 0 Å². The van der Waals surface area contributed by atoms with E-state index < -0.39 is 11.9 Å². The Morgan fingerprint density at radius 2 is 2.16 bits per heavy atom. The molecule has 0 saturated carbocycles. The van der Waals surface area contributed by atoms with Crippen molar-refractivity contribution in [3.63, 3.8) is 0 Å². The highest BCUT2D eigenvalue weighted by Crippen LogP contribution is 2.24. The summed E-state index contributed by atoms with van der Waals surface area (Å²) in [6, 6.07) is 6.33. The maximum atomic E-state index is 13.8. The monoisotopic (exact) mass is 264 g/mol. The number of halogens is 1. The molecule has 4 nitrogen and oxygen atoms in total. The largest absolute Gasteiger partial charge is 0.497 e. The number of benzene rings is 1. The van der Waals surface area contributed by atoms with E-state index in [2.05, 4.69) is 5.10 Å². The van der Waals surface area contributed by atoms with Gasteiger partial charge in [-0.25, -0.2) is 4.39 Å². The number of hydrogen-bond donors (Lipinski definition) is 1. The molecule has 2 rings (SSSR count). The van der Waals surface area contributed by atoms with Crippen LogP contribution < -0.4 is 4.74 Å². The molecule has 1 aromatic carbocycles. The standard InChI is InChI=1S/C14H17FN2O2/c1-9-6-10(17(2)16-9)7-14(18)12-5-4-11(19-3)8-13(12)15/h4-6,8,14,18H,7H2,1-3H3. The van der Waals surface area contributed by atoms with Gasteiger partial charge in [0.25, 0.3) is 0 Å². The van der Waals surface area contributed by atoms with Gasteiger partial charge in [0.1, 0.15) is 11.6 Å². The first kappa shape index (κ1) is 13.5. The highest BCUT2D eigenvalue weighted by atomic mass is 19.1. The van der Waals surface area contributed by atoms with Gasteiger partial charge in [-0.15, -0.1) is 0 Å². The second-order valence-electron chi connectivity index (χ2n) is 4.51. The first-order valence-corrected chi connectivity index (χ1v) is 6.02. The molecule has 1 heterocycles. The summed E-state index contributed by atoms with van der Waals surface area (Å²) in [6.45, 7) is 1.88. The highest BCUT2D eigenvalue weighted by Gasteiger charge is 2.16. The van der Waals surface area contributed by atoms with E-state index >= 15 is 0 Å². The van der Waals surface area contributed by atoms with E-state index in [4.69, 9.17) is 4.74 Å². The van der Waals surface area contributed by atoms with E-state index in [1.807, 2.05) is 13.0 Å². The zero-order valence-electron chi connectivity index (χ0n) is 11.2. The van der Waals surface area contributed by atoms with Gasteiger partial charge in [0.2, 0.25) is 0 Å². The van der Waals surface area contributed by atoms with Gasteiger partial charge in [-0.1, -0.05) is 0 Å². The van der Waals surface area contributed by atoms with Gasteiger partial charge in [-0.3, -0.25) is 4.68 Å². The summed E-state index contributed by atoms with van der Waals surface area (Å²) < 4.78 is 20.5. The van der Waals surface area contributed by atoms with E-state index in [9.17, 15) is 9.50 Å². The van der Waals surface area contributed by atoms with Crippen molar-refractivity contribution in [2.75, 3.05) is 7.11 Å². The summed E-state index contributed by atoms with van der Waals surface area (Å²) in [5.41, 5.74) is 2.00. The smallest absolute Gasteiger partial charge is 0.132 e. The first-order valence-electron chi connectivity index (χ1n) is 6.02. The predicted octanol–water partition coefficient (Wildman–Crippen LogP) is 2.15. The van der Waals surface area contributed by atoms with Crippen molar-refractivity contribution in [1.82, 2.24) is 9.78 Å². The summed E-state index contributed by atoms with van der Waals surface area (Å²) in [4.78, 5) is 0. The molecule has 2 aromatic rings. The number of nitrogens with zero attached hydrogens (tertiary/aromatic N) is 2. The molecular formula is C14H17FN2O2. The molecule has 1 aromatic heterocycles. The van der Waals surface area contributed by atoms with Crippen LogP contribution in [0.3, 0.4) is 0 Å². The molecule has 0 amide bonds. The van der Waals surface area contributed by atoms with Crippen LogP contribution in [0, 0.1) is 12.7 Å². The van der Waals surface area contributed by atoms with E-state index in [1.165, 1.54) is 13.2 Å². The summed E-state index contributed by atoms with van der Waals surface area (Å²) >= 11 is 0. The lowest BCUT2D eigenvalue weighted by Crippen LogP contribution is -2.08. The van der Waals surface area contributed by atoms with Crippen molar-refractivity contribution in [3.05, 3.63) is 47.0 Å². The molecule has 0 saturated heterocycles. The molecular weight excluding hydrogens is 247 g/mol. The van der Waals surface area contributed by atoms with Crippen LogP contribution in [0.25, 0.3) is 0 Å². The Labute approximate surface area is 111 Å². The lowest BCUT2D eigenvalue weighted by atomic mass is 10.0. The summed E-state index contributed by atoms with van der Waals surface area (Å²) in [7, 11) is 3.28. The molecule has 1 N–H and O–H groups in total. The molecule has 19 heavy (non-hydrogen) atoms. The minimum absolute atomic E-state index is 0.264. The summed E-state index contributed by atoms with van der Waals surface area (Å²) in [5, 5.41) is 14.3. The second kappa shape index (κ2) is 5.40. The Kier molecular flexibility index (Phi) is 3.85. The topological polar surface area (TPSA) is 47.3 Å². The lowest BCUT2D eigenvalue weighted by molar-refractivity contribution is 0.171. The average molecular weight is 264 g/mol. The molecule has 102 valence electrons. The maximum absolute atomic E-state index is 13.8. The molecule has 0 fully saturated rings. The van der Waals surface area contributed by atoms with Crippen molar-refractivity contribution in [2.24, 2.45) is 7.05 Å². The fourth-order valence-electron chi connectivity index (χ4n) is 2.07. The van der Waals surface area contributed by atoms with Gasteiger partial charge < -0.3 is 9.84 Å². The van der Waals surface area contributed by atoms with E-state index in [0.29, 0.717) is 12.2 Å². The Bertz CT molecular complexity index is 581. The van der Waals surface area contributed by atoms with Gasteiger partial charge in [0, 0.05) is 30.8 Å². The van der Waals surface area contributed by atoms with E-state index in [0.717, 1.165) is 11.4 Å². The zero-order valence-corrected chi connectivity index (χ0v) is 11.2. The molecule has 0 spiro atoms. The van der Waals surface area contributed by atoms with Crippen LogP contribution in [0.2, 0.25) is 0 Å². The van der Waals surface area contributed by atoms with E-state index in [1.54, 1.807) is 23.9 Å². The summed E-state index contributed by atoms with van der Waals surface area (Å²) in [6.07, 6.45) is -0.582. The minimum Gasteiger partial charge on any atom is -0.497 e. The molecule has 5 heteroatoms. The SMILES string of the molecule is COc1ccc(C(O)Cc2cc(C)nn2C)c(F)c1. The van der Waals surface area contributed by atoms with Gasteiger partial charge in [0.15, 0.2) is 0 Å². The number of aromatic nitrogens is 2. The van der Waals surface area contributed by atoms with Crippen molar-refractivity contribution in [2.45, 2.75) is 19.4 Å². The molecule has 0 aliphatic heterocycles. The molecule has 1 atom stereocenters. The highest BCUT2D eigenvalue weighted by molar-refractivity contribution is 5.30. The van der Waals surface area contributed by atoms with Crippen molar-refractivity contribution in [3.8, 4) is 5.75 Å². The number of ether oxygens (including phenoxy) is 1. The number of methoxy groups -OCH3 is 1. The van der Waals surface area contributed by atoms with Crippen molar-refractivity contribution < 1.29 is 14.2 Å². The van der Waals surface area contributed by atoms with Crippen molar-refractivity contribution >= 4 is 0 Å². The third-order valence-electron chi connectivity index (χ3n) is 3.07. The number of hydrogen-bond acceptors (Lipinski definition) is 3.